The van der Waals surface area contributed by atoms with E-state index in [0.29, 0.717) is 11.8 Å². The summed E-state index contributed by atoms with van der Waals surface area (Å²) in [5.74, 6) is 2.35. The van der Waals surface area contributed by atoms with Gasteiger partial charge in [0.15, 0.2) is 0 Å². The van der Waals surface area contributed by atoms with Crippen LogP contribution in [0, 0.1) is 17.8 Å². The van der Waals surface area contributed by atoms with Gasteiger partial charge in [0.2, 0.25) is 5.91 Å². The van der Waals surface area contributed by atoms with Crippen LogP contribution in [0.4, 0.5) is 0 Å². The molecule has 0 spiro atoms. The van der Waals surface area contributed by atoms with E-state index in [0.717, 1.165) is 37.8 Å². The van der Waals surface area contributed by atoms with E-state index in [2.05, 4.69) is 17.1 Å². The lowest BCUT2D eigenvalue weighted by molar-refractivity contribution is -0.134. The van der Waals surface area contributed by atoms with E-state index >= 15 is 0 Å². The normalized spacial score (nSPS) is 34.4. The van der Waals surface area contributed by atoms with Gasteiger partial charge in [-0.1, -0.05) is 25.0 Å². The van der Waals surface area contributed by atoms with E-state index in [9.17, 15) is 4.79 Å². The van der Waals surface area contributed by atoms with Crippen molar-refractivity contribution in [3.63, 3.8) is 0 Å². The molecule has 1 aliphatic heterocycles. The Kier molecular flexibility index (Phi) is 2.74. The summed E-state index contributed by atoms with van der Waals surface area (Å²) in [6, 6.07) is 0. The summed E-state index contributed by atoms with van der Waals surface area (Å²) < 4.78 is 0. The van der Waals surface area contributed by atoms with Crippen molar-refractivity contribution < 1.29 is 4.79 Å². The van der Waals surface area contributed by atoms with Crippen molar-refractivity contribution in [2.24, 2.45) is 17.8 Å². The predicted octanol–water partition coefficient (Wildman–Crippen LogP) is 2.60. The van der Waals surface area contributed by atoms with Crippen LogP contribution in [0.15, 0.2) is 12.2 Å². The molecule has 3 aliphatic rings. The number of fused-ring (bicyclic) bond motifs is 1. The van der Waals surface area contributed by atoms with Crippen LogP contribution < -0.4 is 0 Å². The van der Waals surface area contributed by atoms with Crippen molar-refractivity contribution in [3.8, 4) is 0 Å². The van der Waals surface area contributed by atoms with Crippen LogP contribution in [0.5, 0.6) is 0 Å². The van der Waals surface area contributed by atoms with Gasteiger partial charge in [0.1, 0.15) is 0 Å². The zero-order valence-corrected chi connectivity index (χ0v) is 9.90. The van der Waals surface area contributed by atoms with Crippen molar-refractivity contribution >= 4 is 5.91 Å². The van der Waals surface area contributed by atoms with Crippen LogP contribution in [0.1, 0.15) is 38.5 Å². The van der Waals surface area contributed by atoms with Crippen LogP contribution in [0.3, 0.4) is 0 Å². The highest BCUT2D eigenvalue weighted by atomic mass is 16.2. The van der Waals surface area contributed by atoms with Gasteiger partial charge in [-0.2, -0.15) is 0 Å². The third-order valence-corrected chi connectivity index (χ3v) is 4.64. The maximum absolute atomic E-state index is 12.3. The second-order valence-electron chi connectivity index (χ2n) is 5.69. The summed E-state index contributed by atoms with van der Waals surface area (Å²) in [6.45, 7) is 2.06. The number of nitrogens with zero attached hydrogens (tertiary/aromatic N) is 1. The standard InChI is InChI=1S/C14H21NO/c16-14(11-5-1-2-6-11)15-9-12-7-3-4-8-13(12)10-15/h3-4,11-13H,1-2,5-10H2. The Labute approximate surface area is 97.7 Å². The van der Waals surface area contributed by atoms with Gasteiger partial charge in [0.05, 0.1) is 0 Å². The summed E-state index contributed by atoms with van der Waals surface area (Å²) in [7, 11) is 0. The Hall–Kier alpha value is -0.790. The SMILES string of the molecule is O=C(C1CCCC1)N1CC2CC=CCC2C1. The van der Waals surface area contributed by atoms with Gasteiger partial charge < -0.3 is 4.90 Å². The largest absolute Gasteiger partial charge is 0.342 e. The molecule has 2 nitrogen and oxygen atoms in total. The van der Waals surface area contributed by atoms with Crippen LogP contribution >= 0.6 is 0 Å². The third kappa shape index (κ3) is 1.79. The fourth-order valence-electron chi connectivity index (χ4n) is 3.63. The number of allylic oxidation sites excluding steroid dienone is 2. The first-order valence-corrected chi connectivity index (χ1v) is 6.78. The van der Waals surface area contributed by atoms with Crippen molar-refractivity contribution in [2.75, 3.05) is 13.1 Å². The van der Waals surface area contributed by atoms with Crippen LogP contribution in [-0.4, -0.2) is 23.9 Å². The predicted molar refractivity (Wildman–Crippen MR) is 63.9 cm³/mol. The molecule has 88 valence electrons. The molecule has 0 radical (unpaired) electrons. The lowest BCUT2D eigenvalue weighted by atomic mass is 9.86. The zero-order chi connectivity index (χ0) is 11.0. The highest BCUT2D eigenvalue weighted by Crippen LogP contribution is 2.35. The molecule has 2 atom stereocenters. The summed E-state index contributed by atoms with van der Waals surface area (Å²) >= 11 is 0. The first-order chi connectivity index (χ1) is 7.84. The molecule has 0 aromatic carbocycles. The number of carbonyl (C=O) groups excluding carboxylic acids is 1. The molecule has 0 bridgehead atoms. The molecule has 1 saturated heterocycles. The van der Waals surface area contributed by atoms with Crippen molar-refractivity contribution in [1.82, 2.24) is 4.90 Å². The monoisotopic (exact) mass is 219 g/mol. The van der Waals surface area contributed by atoms with E-state index in [4.69, 9.17) is 0 Å². The zero-order valence-electron chi connectivity index (χ0n) is 9.90. The first-order valence-electron chi connectivity index (χ1n) is 6.78. The molecule has 2 aliphatic carbocycles. The fraction of sp³-hybridized carbons (Fsp3) is 0.786. The fourth-order valence-corrected chi connectivity index (χ4v) is 3.63. The number of hydrogen-bond donors (Lipinski definition) is 0. The number of hydrogen-bond acceptors (Lipinski definition) is 1. The van der Waals surface area contributed by atoms with Gasteiger partial charge in [-0.05, 0) is 37.5 Å². The summed E-state index contributed by atoms with van der Waals surface area (Å²) in [4.78, 5) is 14.5. The first kappa shape index (κ1) is 10.4. The third-order valence-electron chi connectivity index (χ3n) is 4.64. The van der Waals surface area contributed by atoms with Crippen molar-refractivity contribution in [2.45, 2.75) is 38.5 Å². The lowest BCUT2D eigenvalue weighted by Gasteiger charge is -2.20. The highest BCUT2D eigenvalue weighted by Gasteiger charge is 2.37. The quantitative estimate of drug-likeness (QED) is 0.621. The Morgan fingerprint density at radius 1 is 1.00 bits per heavy atom. The lowest BCUT2D eigenvalue weighted by Crippen LogP contribution is -2.33. The summed E-state index contributed by atoms with van der Waals surface area (Å²) in [5.41, 5.74) is 0. The van der Waals surface area contributed by atoms with Gasteiger partial charge >= 0.3 is 0 Å². The second-order valence-corrected chi connectivity index (χ2v) is 5.69. The molecular weight excluding hydrogens is 198 g/mol. The molecule has 0 N–H and O–H groups in total. The second kappa shape index (κ2) is 4.23. The van der Waals surface area contributed by atoms with Gasteiger partial charge in [0, 0.05) is 19.0 Å². The number of likely N-dealkylation sites (tertiary alicyclic amines) is 1. The smallest absolute Gasteiger partial charge is 0.225 e. The van der Waals surface area contributed by atoms with Crippen LogP contribution in [0.2, 0.25) is 0 Å². The summed E-state index contributed by atoms with van der Waals surface area (Å²) in [5, 5.41) is 0. The minimum atomic E-state index is 0.369. The molecule has 1 heterocycles. The molecule has 2 heteroatoms. The van der Waals surface area contributed by atoms with Gasteiger partial charge in [-0.25, -0.2) is 0 Å². The van der Waals surface area contributed by atoms with Crippen LogP contribution in [0.25, 0.3) is 0 Å². The van der Waals surface area contributed by atoms with Crippen LogP contribution in [-0.2, 0) is 4.79 Å². The Morgan fingerprint density at radius 2 is 1.56 bits per heavy atom. The molecule has 16 heavy (non-hydrogen) atoms. The number of rotatable bonds is 1. The van der Waals surface area contributed by atoms with Gasteiger partial charge in [-0.15, -0.1) is 0 Å². The molecule has 0 aromatic rings. The molecule has 1 amide bonds. The highest BCUT2D eigenvalue weighted by molar-refractivity contribution is 5.79. The minimum absolute atomic E-state index is 0.369. The Bertz CT molecular complexity index is 288. The average Bonchev–Trinajstić information content (AvgIpc) is 2.97. The number of carbonyl (C=O) groups is 1. The maximum atomic E-state index is 12.3. The van der Waals surface area contributed by atoms with Gasteiger partial charge in [0.25, 0.3) is 0 Å². The van der Waals surface area contributed by atoms with Crippen molar-refractivity contribution in [3.05, 3.63) is 12.2 Å². The van der Waals surface area contributed by atoms with E-state index in [1.807, 2.05) is 0 Å². The van der Waals surface area contributed by atoms with E-state index in [1.54, 1.807) is 0 Å². The van der Waals surface area contributed by atoms with E-state index < -0.39 is 0 Å². The van der Waals surface area contributed by atoms with E-state index in [1.165, 1.54) is 25.7 Å². The topological polar surface area (TPSA) is 20.3 Å². The molecule has 2 unspecified atom stereocenters. The molecule has 0 aromatic heterocycles. The minimum Gasteiger partial charge on any atom is -0.342 e. The van der Waals surface area contributed by atoms with Gasteiger partial charge in [-0.3, -0.25) is 4.79 Å². The van der Waals surface area contributed by atoms with E-state index in [-0.39, 0.29) is 0 Å². The van der Waals surface area contributed by atoms with Crippen molar-refractivity contribution in [1.29, 1.82) is 0 Å². The Morgan fingerprint density at radius 3 is 2.12 bits per heavy atom. The Balaban J connectivity index is 1.62. The summed E-state index contributed by atoms with van der Waals surface area (Å²) in [6.07, 6.45) is 11.8. The average molecular weight is 219 g/mol. The molecule has 1 saturated carbocycles. The maximum Gasteiger partial charge on any atom is 0.225 e. The molecule has 2 fully saturated rings. The molecule has 3 rings (SSSR count). The molecular formula is C14H21NO. The number of amides is 1.